The molecular formula is C15H21BrN2O2S. The zero-order chi connectivity index (χ0) is 15.0. The zero-order valence-electron chi connectivity index (χ0n) is 12.1. The Balaban J connectivity index is 1.63. The predicted octanol–water partition coefficient (Wildman–Crippen LogP) is 1.76. The first kappa shape index (κ1) is 15.5. The fourth-order valence-electron chi connectivity index (χ4n) is 3.55. The number of sulfone groups is 1. The van der Waals surface area contributed by atoms with Gasteiger partial charge in [0.2, 0.25) is 0 Å². The van der Waals surface area contributed by atoms with E-state index in [4.69, 9.17) is 0 Å². The molecule has 0 radical (unpaired) electrons. The molecule has 4 nitrogen and oxygen atoms in total. The van der Waals surface area contributed by atoms with E-state index in [-0.39, 0.29) is 5.75 Å². The number of hydrogen-bond acceptors (Lipinski definition) is 4. The van der Waals surface area contributed by atoms with Gasteiger partial charge >= 0.3 is 0 Å². The van der Waals surface area contributed by atoms with Gasteiger partial charge < -0.3 is 5.32 Å². The zero-order valence-corrected chi connectivity index (χ0v) is 14.5. The Morgan fingerprint density at radius 2 is 2.00 bits per heavy atom. The van der Waals surface area contributed by atoms with Crippen molar-refractivity contribution in [3.05, 3.63) is 28.7 Å². The Hall–Kier alpha value is -0.430. The third-order valence-corrected chi connectivity index (χ3v) is 7.12. The summed E-state index contributed by atoms with van der Waals surface area (Å²) in [5.74, 6) is 1.57. The Morgan fingerprint density at radius 1 is 1.29 bits per heavy atom. The quantitative estimate of drug-likeness (QED) is 0.874. The van der Waals surface area contributed by atoms with Crippen LogP contribution >= 0.6 is 15.9 Å². The normalized spacial score (nSPS) is 29.7. The van der Waals surface area contributed by atoms with Crippen LogP contribution in [0.5, 0.6) is 0 Å². The van der Waals surface area contributed by atoms with Crippen LogP contribution in [0.3, 0.4) is 0 Å². The van der Waals surface area contributed by atoms with E-state index >= 15 is 0 Å². The number of nitrogens with one attached hydrogen (secondary N) is 1. The number of nitrogens with zero attached hydrogens (tertiary/aromatic N) is 1. The van der Waals surface area contributed by atoms with Gasteiger partial charge in [0.25, 0.3) is 0 Å². The number of halogens is 1. The Bertz CT molecular complexity index is 603. The van der Waals surface area contributed by atoms with Crippen molar-refractivity contribution in [2.24, 2.45) is 11.8 Å². The van der Waals surface area contributed by atoms with Crippen LogP contribution in [0.2, 0.25) is 0 Å². The molecule has 1 aromatic carbocycles. The summed E-state index contributed by atoms with van der Waals surface area (Å²) in [7, 11) is -3.19. The second-order valence-corrected chi connectivity index (χ2v) is 9.12. The molecule has 116 valence electrons. The Kier molecular flexibility index (Phi) is 4.41. The molecule has 2 aliphatic rings. The van der Waals surface area contributed by atoms with Crippen molar-refractivity contribution in [3.8, 4) is 0 Å². The molecule has 0 aliphatic carbocycles. The van der Waals surface area contributed by atoms with Gasteiger partial charge in [-0.25, -0.2) is 8.42 Å². The molecular weight excluding hydrogens is 352 g/mol. The van der Waals surface area contributed by atoms with Gasteiger partial charge in [-0.15, -0.1) is 0 Å². The monoisotopic (exact) mass is 372 g/mol. The van der Waals surface area contributed by atoms with Crippen LogP contribution < -0.4 is 5.32 Å². The lowest BCUT2D eigenvalue weighted by atomic mass is 9.95. The summed E-state index contributed by atoms with van der Waals surface area (Å²) in [4.78, 5) is 2.76. The van der Waals surface area contributed by atoms with Gasteiger partial charge in [-0.05, 0) is 56.1 Å². The van der Waals surface area contributed by atoms with Crippen molar-refractivity contribution < 1.29 is 8.42 Å². The molecule has 2 saturated heterocycles. The highest BCUT2D eigenvalue weighted by atomic mass is 79.9. The van der Waals surface area contributed by atoms with Crippen LogP contribution in [-0.2, 0) is 9.84 Å². The minimum Gasteiger partial charge on any atom is -0.316 e. The largest absolute Gasteiger partial charge is 0.316 e. The number of fused-ring (bicyclic) bond motifs is 1. The van der Waals surface area contributed by atoms with Gasteiger partial charge in [-0.1, -0.05) is 15.9 Å². The third-order valence-electron chi connectivity index (χ3n) is 4.88. The second-order valence-electron chi connectivity index (χ2n) is 6.09. The van der Waals surface area contributed by atoms with Gasteiger partial charge in [0, 0.05) is 23.6 Å². The molecule has 2 fully saturated rings. The van der Waals surface area contributed by atoms with E-state index in [9.17, 15) is 8.42 Å². The van der Waals surface area contributed by atoms with Crippen LogP contribution in [0.15, 0.2) is 33.6 Å². The van der Waals surface area contributed by atoms with Crippen LogP contribution in [0.25, 0.3) is 0 Å². The molecule has 0 saturated carbocycles. The molecule has 0 amide bonds. The minimum atomic E-state index is -3.19. The molecule has 6 heteroatoms. The van der Waals surface area contributed by atoms with Crippen molar-refractivity contribution in [2.75, 3.05) is 31.9 Å². The molecule has 1 aromatic rings. The molecule has 0 spiro atoms. The number of hydrogen-bond donors (Lipinski definition) is 1. The molecule has 2 heterocycles. The van der Waals surface area contributed by atoms with E-state index < -0.39 is 9.84 Å². The molecule has 3 atom stereocenters. The molecule has 0 aromatic heterocycles. The predicted molar refractivity (Wildman–Crippen MR) is 87.1 cm³/mol. The van der Waals surface area contributed by atoms with Gasteiger partial charge in [0.1, 0.15) is 0 Å². The maximum Gasteiger partial charge on any atom is 0.179 e. The summed E-state index contributed by atoms with van der Waals surface area (Å²) in [6.07, 6.45) is 0. The van der Waals surface area contributed by atoms with Gasteiger partial charge in [-0.3, -0.25) is 4.90 Å². The SMILES string of the molecule is CC1C2CNCC2CN1CCS(=O)(=O)c1ccc(Br)cc1. The van der Waals surface area contributed by atoms with Crippen LogP contribution in [0, 0.1) is 11.8 Å². The number of benzene rings is 1. The fourth-order valence-corrected chi connectivity index (χ4v) is 5.07. The standard InChI is InChI=1S/C15H21BrN2O2S/c1-11-15-9-17-8-12(15)10-18(11)6-7-21(19,20)14-4-2-13(16)3-5-14/h2-5,11-12,15,17H,6-10H2,1H3. The maximum absolute atomic E-state index is 12.4. The topological polar surface area (TPSA) is 49.4 Å². The van der Waals surface area contributed by atoms with Crippen molar-refractivity contribution in [1.82, 2.24) is 10.2 Å². The van der Waals surface area contributed by atoms with Crippen molar-refractivity contribution in [1.29, 1.82) is 0 Å². The lowest BCUT2D eigenvalue weighted by Gasteiger charge is -2.24. The highest BCUT2D eigenvalue weighted by Crippen LogP contribution is 2.32. The summed E-state index contributed by atoms with van der Waals surface area (Å²) in [5, 5.41) is 3.43. The van der Waals surface area contributed by atoms with E-state index in [1.807, 2.05) is 0 Å². The van der Waals surface area contributed by atoms with Crippen molar-refractivity contribution >= 4 is 25.8 Å². The Morgan fingerprint density at radius 3 is 2.67 bits per heavy atom. The van der Waals surface area contributed by atoms with Gasteiger partial charge in [0.05, 0.1) is 10.6 Å². The van der Waals surface area contributed by atoms with Gasteiger partial charge in [0.15, 0.2) is 9.84 Å². The van der Waals surface area contributed by atoms with Crippen molar-refractivity contribution in [3.63, 3.8) is 0 Å². The first-order valence-corrected chi connectivity index (χ1v) is 9.85. The highest BCUT2D eigenvalue weighted by Gasteiger charge is 2.41. The summed E-state index contributed by atoms with van der Waals surface area (Å²) in [5.41, 5.74) is 0. The second kappa shape index (κ2) is 5.99. The van der Waals surface area contributed by atoms with Crippen LogP contribution in [-0.4, -0.2) is 51.3 Å². The van der Waals surface area contributed by atoms with Gasteiger partial charge in [-0.2, -0.15) is 0 Å². The smallest absolute Gasteiger partial charge is 0.179 e. The summed E-state index contributed by atoms with van der Waals surface area (Å²) in [6.45, 7) is 6.03. The van der Waals surface area contributed by atoms with E-state index in [0.29, 0.717) is 29.3 Å². The van der Waals surface area contributed by atoms with E-state index in [1.54, 1.807) is 24.3 Å². The summed E-state index contributed by atoms with van der Waals surface area (Å²) >= 11 is 3.33. The summed E-state index contributed by atoms with van der Waals surface area (Å²) < 4.78 is 25.7. The Labute approximate surface area is 135 Å². The van der Waals surface area contributed by atoms with Crippen LogP contribution in [0.4, 0.5) is 0 Å². The average Bonchev–Trinajstić information content (AvgIpc) is 3.01. The third kappa shape index (κ3) is 3.18. The highest BCUT2D eigenvalue weighted by molar-refractivity contribution is 9.10. The molecule has 2 aliphatic heterocycles. The van der Waals surface area contributed by atoms with Crippen LogP contribution in [0.1, 0.15) is 6.92 Å². The molecule has 0 bridgehead atoms. The lowest BCUT2D eigenvalue weighted by molar-refractivity contribution is 0.253. The number of likely N-dealkylation sites (tertiary alicyclic amines) is 1. The molecule has 21 heavy (non-hydrogen) atoms. The van der Waals surface area contributed by atoms with Crippen molar-refractivity contribution in [2.45, 2.75) is 17.9 Å². The maximum atomic E-state index is 12.4. The first-order valence-electron chi connectivity index (χ1n) is 7.40. The fraction of sp³-hybridized carbons (Fsp3) is 0.600. The minimum absolute atomic E-state index is 0.200. The lowest BCUT2D eigenvalue weighted by Crippen LogP contribution is -2.36. The number of rotatable bonds is 4. The first-order chi connectivity index (χ1) is 9.97. The molecule has 3 unspecified atom stereocenters. The van der Waals surface area contributed by atoms with E-state index in [2.05, 4.69) is 33.1 Å². The molecule has 1 N–H and O–H groups in total. The average molecular weight is 373 g/mol. The van der Waals surface area contributed by atoms with E-state index in [1.165, 1.54) is 0 Å². The summed E-state index contributed by atoms with van der Waals surface area (Å²) in [6, 6.07) is 7.38. The molecule has 3 rings (SSSR count). The van der Waals surface area contributed by atoms with E-state index in [0.717, 1.165) is 24.1 Å².